The molecule has 19 heteroatoms. The first-order valence-corrected chi connectivity index (χ1v) is 30.6. The number of carbonyl (C=O) groups excluding carboxylic acids is 1. The summed E-state index contributed by atoms with van der Waals surface area (Å²) < 4.78 is 34.1. The van der Waals surface area contributed by atoms with Gasteiger partial charge in [0, 0.05) is 6.42 Å². The Kier molecular flexibility index (Phi) is 40.6. The van der Waals surface area contributed by atoms with Gasteiger partial charge in [-0.25, -0.2) is 0 Å². The van der Waals surface area contributed by atoms with E-state index < -0.39 is 124 Å². The minimum absolute atomic E-state index is 0.205. The summed E-state index contributed by atoms with van der Waals surface area (Å²) in [4.78, 5) is 13.3. The average molecular weight is 1180 g/mol. The number of amides is 1. The Morgan fingerprint density at radius 1 is 0.446 bits per heavy atom. The standard InChI is InChI=1S/C64H105NO18/c1-3-5-7-9-11-13-14-15-16-17-18-19-20-21-22-23-24-25-26-27-28-29-30-31-32-34-36-38-40-42-52(70)65-47(48(69)41-39-37-35-33-12-10-8-6-4-2)46-78-62-58(76)55(73)60(50(44-67)80-62)83-64-59(77)56(74)61(51(45-68)81-64)82-63-57(75)54(72)53(71)49(43-66)79-63/h5,7,11,13,15-16,18-19,21-22,24-25,27-28,30-31,39,41,47-51,53-64,66-69,71-77H,3-4,6,8-10,12,14,17,20,23,26,29,32-38,40,42-46H2,1-2H3,(H,65,70)/b7-5-,13-11-,16-15-,19-18-,22-21-,25-24-,28-27-,31-30-,41-39+. The van der Waals surface area contributed by atoms with Crippen molar-refractivity contribution in [1.29, 1.82) is 0 Å². The molecule has 3 rings (SSSR count). The summed E-state index contributed by atoms with van der Waals surface area (Å²) in [5.41, 5.74) is 0. The monoisotopic (exact) mass is 1180 g/mol. The molecule has 19 nitrogen and oxygen atoms in total. The third-order valence-corrected chi connectivity index (χ3v) is 14.6. The van der Waals surface area contributed by atoms with Gasteiger partial charge in [0.15, 0.2) is 18.9 Å². The van der Waals surface area contributed by atoms with E-state index in [2.05, 4.69) is 116 Å². The average Bonchev–Trinajstić information content (AvgIpc) is 3.25. The fourth-order valence-corrected chi connectivity index (χ4v) is 9.56. The van der Waals surface area contributed by atoms with Gasteiger partial charge in [0.2, 0.25) is 5.91 Å². The number of unbranched alkanes of at least 4 members (excludes halogenated alkanes) is 11. The maximum absolute atomic E-state index is 13.3. The van der Waals surface area contributed by atoms with Crippen LogP contribution in [0.3, 0.4) is 0 Å². The molecule has 17 atom stereocenters. The molecule has 3 heterocycles. The molecule has 3 aliphatic heterocycles. The van der Waals surface area contributed by atoms with Gasteiger partial charge in [0.05, 0.1) is 38.6 Å². The highest BCUT2D eigenvalue weighted by atomic mass is 16.8. The van der Waals surface area contributed by atoms with Gasteiger partial charge in [-0.1, -0.05) is 175 Å². The van der Waals surface area contributed by atoms with E-state index in [4.69, 9.17) is 28.4 Å². The summed E-state index contributed by atoms with van der Waals surface area (Å²) >= 11 is 0. The van der Waals surface area contributed by atoms with Crippen LogP contribution >= 0.6 is 0 Å². The number of rotatable bonds is 43. The van der Waals surface area contributed by atoms with Crippen molar-refractivity contribution in [3.05, 3.63) is 109 Å². The lowest BCUT2D eigenvalue weighted by molar-refractivity contribution is -0.379. The molecule has 83 heavy (non-hydrogen) atoms. The number of hydrogen-bond donors (Lipinski definition) is 12. The van der Waals surface area contributed by atoms with E-state index in [1.54, 1.807) is 6.08 Å². The van der Waals surface area contributed by atoms with Gasteiger partial charge in [0.25, 0.3) is 0 Å². The van der Waals surface area contributed by atoms with E-state index in [-0.39, 0.29) is 18.9 Å². The summed E-state index contributed by atoms with van der Waals surface area (Å²) in [6, 6.07) is -0.993. The van der Waals surface area contributed by atoms with Crippen LogP contribution in [0.15, 0.2) is 109 Å². The Hall–Kier alpha value is -3.55. The van der Waals surface area contributed by atoms with Crippen LogP contribution in [0, 0.1) is 0 Å². The zero-order valence-corrected chi connectivity index (χ0v) is 49.4. The SMILES string of the molecule is CC/C=C\C/C=C\C/C=C\C/C=C\C/C=C\C/C=C\C/C=C\C/C=C\CCCCCCC(=O)NC(COC1OC(CO)C(OC2OC(CO)C(OC3OC(CO)C(O)C(O)C3O)C(O)C2O)C(O)C1O)C(O)/C=C/CCCCCCCCC. The molecule has 17 unspecified atom stereocenters. The molecule has 3 saturated heterocycles. The van der Waals surface area contributed by atoms with E-state index >= 15 is 0 Å². The van der Waals surface area contributed by atoms with Crippen LogP contribution in [0.25, 0.3) is 0 Å². The number of nitrogens with one attached hydrogen (secondary N) is 1. The van der Waals surface area contributed by atoms with Crippen molar-refractivity contribution < 1.29 is 89.4 Å². The van der Waals surface area contributed by atoms with Gasteiger partial charge in [-0.15, -0.1) is 0 Å². The number of ether oxygens (including phenoxy) is 6. The molecule has 0 aromatic heterocycles. The smallest absolute Gasteiger partial charge is 0.220 e. The Balaban J connectivity index is 1.43. The van der Waals surface area contributed by atoms with Crippen LogP contribution in [0.4, 0.5) is 0 Å². The summed E-state index contributed by atoms with van der Waals surface area (Å²) in [5, 5.41) is 120. The lowest BCUT2D eigenvalue weighted by Gasteiger charge is -2.48. The number of allylic oxidation sites excluding steroid dienone is 17. The maximum atomic E-state index is 13.3. The van der Waals surface area contributed by atoms with E-state index in [0.29, 0.717) is 6.42 Å². The van der Waals surface area contributed by atoms with Crippen molar-refractivity contribution >= 4 is 5.91 Å². The molecule has 1 amide bonds. The van der Waals surface area contributed by atoms with Crippen LogP contribution in [-0.2, 0) is 33.2 Å². The van der Waals surface area contributed by atoms with Gasteiger partial charge in [-0.2, -0.15) is 0 Å². The van der Waals surface area contributed by atoms with Crippen molar-refractivity contribution in [1.82, 2.24) is 5.32 Å². The highest BCUT2D eigenvalue weighted by Crippen LogP contribution is 2.33. The molecule has 12 N–H and O–H groups in total. The first-order valence-electron chi connectivity index (χ1n) is 30.6. The van der Waals surface area contributed by atoms with Crippen LogP contribution in [0.5, 0.6) is 0 Å². The quantitative estimate of drug-likeness (QED) is 0.0249. The number of carbonyl (C=O) groups is 1. The van der Waals surface area contributed by atoms with Gasteiger partial charge in [-0.3, -0.25) is 4.79 Å². The predicted molar refractivity (Wildman–Crippen MR) is 318 cm³/mol. The van der Waals surface area contributed by atoms with Crippen molar-refractivity contribution in [3.8, 4) is 0 Å². The molecule has 0 aromatic carbocycles. The zero-order chi connectivity index (χ0) is 60.5. The molecule has 0 radical (unpaired) electrons. The maximum Gasteiger partial charge on any atom is 0.220 e. The fourth-order valence-electron chi connectivity index (χ4n) is 9.56. The second kappa shape index (κ2) is 45.7. The van der Waals surface area contributed by atoms with E-state index in [1.807, 2.05) is 6.08 Å². The Morgan fingerprint density at radius 2 is 0.831 bits per heavy atom. The van der Waals surface area contributed by atoms with Crippen molar-refractivity contribution in [2.75, 3.05) is 26.4 Å². The van der Waals surface area contributed by atoms with Crippen LogP contribution in [-0.4, -0.2) is 193 Å². The lowest BCUT2D eigenvalue weighted by atomic mass is 9.96. The summed E-state index contributed by atoms with van der Waals surface area (Å²) in [6.07, 6.45) is 32.3. The minimum atomic E-state index is -1.98. The third-order valence-electron chi connectivity index (χ3n) is 14.6. The topological polar surface area (TPSA) is 307 Å². The molecule has 0 saturated carbocycles. The Morgan fingerprint density at radius 3 is 1.30 bits per heavy atom. The minimum Gasteiger partial charge on any atom is -0.394 e. The zero-order valence-electron chi connectivity index (χ0n) is 49.4. The van der Waals surface area contributed by atoms with Crippen molar-refractivity contribution in [3.63, 3.8) is 0 Å². The molecule has 474 valence electrons. The molecule has 3 aliphatic rings. The van der Waals surface area contributed by atoms with Crippen LogP contribution in [0.1, 0.15) is 155 Å². The number of hydrogen-bond acceptors (Lipinski definition) is 18. The first-order chi connectivity index (χ1) is 40.3. The van der Waals surface area contributed by atoms with E-state index in [0.717, 1.165) is 103 Å². The second-order valence-electron chi connectivity index (χ2n) is 21.4. The summed E-state index contributed by atoms with van der Waals surface area (Å²) in [6.45, 7) is 1.51. The van der Waals surface area contributed by atoms with Crippen molar-refractivity contribution in [2.24, 2.45) is 0 Å². The summed E-state index contributed by atoms with van der Waals surface area (Å²) in [7, 11) is 0. The fraction of sp³-hybridized carbons (Fsp3) is 0.703. The van der Waals surface area contributed by atoms with Crippen molar-refractivity contribution in [2.45, 2.75) is 259 Å². The Labute approximate surface area is 494 Å². The number of aliphatic hydroxyl groups excluding tert-OH is 11. The van der Waals surface area contributed by atoms with E-state index in [1.165, 1.54) is 25.7 Å². The molecule has 3 fully saturated rings. The molecular weight excluding hydrogens is 1070 g/mol. The molecule has 0 bridgehead atoms. The van der Waals surface area contributed by atoms with Gasteiger partial charge < -0.3 is 89.9 Å². The largest absolute Gasteiger partial charge is 0.394 e. The van der Waals surface area contributed by atoms with Crippen LogP contribution < -0.4 is 5.32 Å². The Bertz CT molecular complexity index is 1930. The third kappa shape index (κ3) is 29.1. The highest BCUT2D eigenvalue weighted by molar-refractivity contribution is 5.76. The second-order valence-corrected chi connectivity index (χ2v) is 21.4. The normalized spacial score (nSPS) is 30.2. The summed E-state index contributed by atoms with van der Waals surface area (Å²) in [5.74, 6) is -0.309. The predicted octanol–water partition coefficient (Wildman–Crippen LogP) is 5.92. The lowest BCUT2D eigenvalue weighted by Crippen LogP contribution is -2.66. The van der Waals surface area contributed by atoms with Gasteiger partial charge >= 0.3 is 0 Å². The molecular formula is C64H105NO18. The first kappa shape index (κ1) is 73.7. The van der Waals surface area contributed by atoms with Gasteiger partial charge in [0.1, 0.15) is 73.2 Å². The highest BCUT2D eigenvalue weighted by Gasteiger charge is 2.53. The molecule has 0 spiro atoms. The molecule has 0 aromatic rings. The number of aliphatic hydroxyl groups is 11. The molecule has 0 aliphatic carbocycles. The van der Waals surface area contributed by atoms with E-state index in [9.17, 15) is 61.0 Å². The van der Waals surface area contributed by atoms with Gasteiger partial charge in [-0.05, 0) is 83.5 Å². The van der Waals surface area contributed by atoms with Crippen LogP contribution in [0.2, 0.25) is 0 Å².